The second-order valence-electron chi connectivity index (χ2n) is 8.60. The maximum absolute atomic E-state index is 13.2. The Hall–Kier alpha value is -3.43. The van der Waals surface area contributed by atoms with Crippen LogP contribution in [0.3, 0.4) is 0 Å². The number of anilines is 2. The van der Waals surface area contributed by atoms with E-state index in [0.717, 1.165) is 24.1 Å². The van der Waals surface area contributed by atoms with Crippen molar-refractivity contribution in [1.82, 2.24) is 5.32 Å². The molecule has 0 radical (unpaired) electrons. The zero-order valence-electron chi connectivity index (χ0n) is 20.2. The largest absolute Gasteiger partial charge is 0.490 e. The van der Waals surface area contributed by atoms with Gasteiger partial charge in [0.1, 0.15) is 5.75 Å². The van der Waals surface area contributed by atoms with Crippen LogP contribution in [0, 0.1) is 0 Å². The fourth-order valence-electron chi connectivity index (χ4n) is 4.17. The molecule has 3 aromatic carbocycles. The third-order valence-electron chi connectivity index (χ3n) is 5.93. The summed E-state index contributed by atoms with van der Waals surface area (Å²) in [4.78, 5) is 13.0. The maximum atomic E-state index is 13.2. The van der Waals surface area contributed by atoms with Gasteiger partial charge in [-0.1, -0.05) is 43.7 Å². The van der Waals surface area contributed by atoms with E-state index in [9.17, 15) is 13.2 Å². The molecule has 3 aromatic rings. The van der Waals surface area contributed by atoms with Crippen molar-refractivity contribution in [3.8, 4) is 5.75 Å². The first-order chi connectivity index (χ1) is 17.3. The third-order valence-corrected chi connectivity index (χ3v) is 7.96. The van der Waals surface area contributed by atoms with E-state index in [1.165, 1.54) is 16.4 Å². The average Bonchev–Trinajstić information content (AvgIpc) is 3.30. The van der Waals surface area contributed by atoms with Crippen LogP contribution in [0.2, 0.25) is 0 Å². The van der Waals surface area contributed by atoms with E-state index in [0.29, 0.717) is 30.0 Å². The number of para-hydroxylation sites is 2. The number of hydrogen-bond acceptors (Lipinski definition) is 5. The lowest BCUT2D eigenvalue weighted by atomic mass is 10.1. The Bertz CT molecular complexity index is 1360. The summed E-state index contributed by atoms with van der Waals surface area (Å²) < 4.78 is 33.8. The van der Waals surface area contributed by atoms with E-state index in [1.807, 2.05) is 37.3 Å². The van der Waals surface area contributed by atoms with Crippen molar-refractivity contribution >= 4 is 44.6 Å². The van der Waals surface area contributed by atoms with Gasteiger partial charge >= 0.3 is 0 Å². The highest BCUT2D eigenvalue weighted by Crippen LogP contribution is 2.32. The fourth-order valence-corrected chi connectivity index (χ4v) is 5.88. The SMILES string of the molecule is CCCC(C)Oc1ccccc1C(=O)NC(=S)Nc1ccc(S(=O)(=O)N2CCc3ccccc32)cc1. The highest BCUT2D eigenvalue weighted by molar-refractivity contribution is 7.92. The molecule has 1 amide bonds. The molecule has 0 aromatic heterocycles. The quantitative estimate of drug-likeness (QED) is 0.398. The topological polar surface area (TPSA) is 87.7 Å². The number of carbonyl (C=O) groups is 1. The van der Waals surface area contributed by atoms with Crippen molar-refractivity contribution in [2.24, 2.45) is 0 Å². The fraction of sp³-hybridized carbons (Fsp3) is 0.259. The summed E-state index contributed by atoms with van der Waals surface area (Å²) in [5.74, 6) is 0.107. The molecule has 0 spiro atoms. The molecule has 0 aliphatic carbocycles. The highest BCUT2D eigenvalue weighted by atomic mass is 32.2. The zero-order chi connectivity index (χ0) is 25.7. The number of amides is 1. The summed E-state index contributed by atoms with van der Waals surface area (Å²) >= 11 is 5.31. The summed E-state index contributed by atoms with van der Waals surface area (Å²) in [5.41, 5.74) is 2.68. The number of nitrogens with zero attached hydrogens (tertiary/aromatic N) is 1. The number of nitrogens with one attached hydrogen (secondary N) is 2. The molecule has 1 unspecified atom stereocenters. The molecule has 2 N–H and O–H groups in total. The molecular formula is C27H29N3O4S2. The van der Waals surface area contributed by atoms with Crippen LogP contribution >= 0.6 is 12.2 Å². The van der Waals surface area contributed by atoms with Gasteiger partial charge in [-0.2, -0.15) is 0 Å². The Balaban J connectivity index is 1.40. The standard InChI is InChI=1S/C27H29N3O4S2/c1-3-8-19(2)34-25-12-7-5-10-23(25)26(31)29-27(35)28-21-13-15-22(16-14-21)36(32,33)30-18-17-20-9-4-6-11-24(20)30/h4-7,9-16,19H,3,8,17-18H2,1-2H3,(H2,28,29,31,35). The average molecular weight is 524 g/mol. The summed E-state index contributed by atoms with van der Waals surface area (Å²) in [7, 11) is -3.68. The minimum absolute atomic E-state index is 0.0159. The van der Waals surface area contributed by atoms with Gasteiger partial charge in [0.25, 0.3) is 15.9 Å². The van der Waals surface area contributed by atoms with Crippen LogP contribution in [0.15, 0.2) is 77.7 Å². The number of ether oxygens (including phenoxy) is 1. The molecule has 9 heteroatoms. The molecule has 7 nitrogen and oxygen atoms in total. The van der Waals surface area contributed by atoms with Crippen molar-refractivity contribution in [3.63, 3.8) is 0 Å². The van der Waals surface area contributed by atoms with Crippen LogP contribution in [-0.4, -0.2) is 32.1 Å². The van der Waals surface area contributed by atoms with Gasteiger partial charge in [0, 0.05) is 12.2 Å². The number of benzene rings is 3. The molecule has 1 heterocycles. The van der Waals surface area contributed by atoms with Gasteiger partial charge < -0.3 is 10.1 Å². The molecule has 0 bridgehead atoms. The van der Waals surface area contributed by atoms with Gasteiger partial charge in [0.05, 0.1) is 22.3 Å². The Morgan fingerprint density at radius 1 is 1.06 bits per heavy atom. The molecule has 1 aliphatic rings. The first-order valence-corrected chi connectivity index (χ1v) is 13.7. The van der Waals surface area contributed by atoms with Crippen LogP contribution in [0.5, 0.6) is 5.75 Å². The van der Waals surface area contributed by atoms with E-state index >= 15 is 0 Å². The van der Waals surface area contributed by atoms with Gasteiger partial charge in [-0.3, -0.25) is 14.4 Å². The first kappa shape index (κ1) is 25.7. The van der Waals surface area contributed by atoms with Crippen LogP contribution in [-0.2, 0) is 16.4 Å². The molecule has 0 saturated carbocycles. The monoisotopic (exact) mass is 523 g/mol. The van der Waals surface area contributed by atoms with Crippen LogP contribution in [0.4, 0.5) is 11.4 Å². The predicted octanol–water partition coefficient (Wildman–Crippen LogP) is 5.13. The van der Waals surface area contributed by atoms with Gasteiger partial charge in [0.2, 0.25) is 0 Å². The van der Waals surface area contributed by atoms with Crippen LogP contribution in [0.25, 0.3) is 0 Å². The number of fused-ring (bicyclic) bond motifs is 1. The second-order valence-corrected chi connectivity index (χ2v) is 10.9. The molecule has 4 rings (SSSR count). The third kappa shape index (κ3) is 5.68. The zero-order valence-corrected chi connectivity index (χ0v) is 21.9. The van der Waals surface area contributed by atoms with Crippen LogP contribution < -0.4 is 19.7 Å². The van der Waals surface area contributed by atoms with E-state index < -0.39 is 15.9 Å². The Morgan fingerprint density at radius 2 is 1.75 bits per heavy atom. The van der Waals surface area contributed by atoms with Crippen molar-refractivity contribution in [3.05, 3.63) is 83.9 Å². The summed E-state index contributed by atoms with van der Waals surface area (Å²) in [6.45, 7) is 4.47. The van der Waals surface area contributed by atoms with Crippen molar-refractivity contribution in [2.45, 2.75) is 44.1 Å². The Morgan fingerprint density at radius 3 is 2.50 bits per heavy atom. The van der Waals surface area contributed by atoms with Crippen molar-refractivity contribution < 1.29 is 17.9 Å². The van der Waals surface area contributed by atoms with E-state index in [4.69, 9.17) is 17.0 Å². The van der Waals surface area contributed by atoms with Crippen LogP contribution in [0.1, 0.15) is 42.6 Å². The minimum Gasteiger partial charge on any atom is -0.490 e. The first-order valence-electron chi connectivity index (χ1n) is 11.9. The van der Waals surface area contributed by atoms with E-state index in [-0.39, 0.29) is 16.1 Å². The molecule has 0 fully saturated rings. The molecule has 1 aliphatic heterocycles. The van der Waals surface area contributed by atoms with E-state index in [2.05, 4.69) is 17.6 Å². The summed E-state index contributed by atoms with van der Waals surface area (Å²) in [6.07, 6.45) is 2.54. The van der Waals surface area contributed by atoms with Gasteiger partial charge in [-0.25, -0.2) is 8.42 Å². The Labute approximate surface area is 217 Å². The number of thiocarbonyl (C=S) groups is 1. The number of carbonyl (C=O) groups excluding carboxylic acids is 1. The lowest BCUT2D eigenvalue weighted by Gasteiger charge is -2.20. The number of sulfonamides is 1. The van der Waals surface area contributed by atoms with Gasteiger partial charge in [0.15, 0.2) is 5.11 Å². The lowest BCUT2D eigenvalue weighted by Crippen LogP contribution is -2.34. The lowest BCUT2D eigenvalue weighted by molar-refractivity contribution is 0.0970. The second kappa shape index (κ2) is 11.1. The maximum Gasteiger partial charge on any atom is 0.264 e. The predicted molar refractivity (Wildman–Crippen MR) is 146 cm³/mol. The Kier molecular flexibility index (Phi) is 7.91. The summed E-state index contributed by atoms with van der Waals surface area (Å²) in [6, 6.07) is 20.8. The van der Waals surface area contributed by atoms with Crippen molar-refractivity contribution in [2.75, 3.05) is 16.2 Å². The smallest absolute Gasteiger partial charge is 0.264 e. The molecule has 188 valence electrons. The number of hydrogen-bond donors (Lipinski definition) is 2. The van der Waals surface area contributed by atoms with Gasteiger partial charge in [-0.05, 0) is 80.0 Å². The molecular weight excluding hydrogens is 494 g/mol. The molecule has 0 saturated heterocycles. The highest BCUT2D eigenvalue weighted by Gasteiger charge is 2.30. The molecule has 1 atom stereocenters. The number of rotatable bonds is 8. The van der Waals surface area contributed by atoms with E-state index in [1.54, 1.807) is 30.3 Å². The normalized spacial score (nSPS) is 13.6. The van der Waals surface area contributed by atoms with Gasteiger partial charge in [-0.15, -0.1) is 0 Å². The minimum atomic E-state index is -3.68. The van der Waals surface area contributed by atoms with Crippen molar-refractivity contribution in [1.29, 1.82) is 0 Å². The molecule has 36 heavy (non-hydrogen) atoms. The summed E-state index contributed by atoms with van der Waals surface area (Å²) in [5, 5.41) is 5.70.